The summed E-state index contributed by atoms with van der Waals surface area (Å²) in [6.07, 6.45) is 1.69. The Balaban J connectivity index is 2.80. The quantitative estimate of drug-likeness (QED) is 0.807. The maximum Gasteiger partial charge on any atom is 0.150 e. The Kier molecular flexibility index (Phi) is 3.82. The van der Waals surface area contributed by atoms with Crippen molar-refractivity contribution < 1.29 is 4.74 Å². The number of nitrogens with zero attached hydrogens (tertiary/aromatic N) is 3. The van der Waals surface area contributed by atoms with Crippen LogP contribution >= 0.6 is 0 Å². The lowest BCUT2D eigenvalue weighted by Gasteiger charge is -2.26. The van der Waals surface area contributed by atoms with Crippen LogP contribution < -0.4 is 5.73 Å². The molecule has 0 aliphatic rings. The summed E-state index contributed by atoms with van der Waals surface area (Å²) in [5.74, 6) is 0.819. The normalized spacial score (nSPS) is 14.2. The molecule has 0 spiro atoms. The van der Waals surface area contributed by atoms with Gasteiger partial charge >= 0.3 is 0 Å². The second kappa shape index (κ2) is 4.72. The van der Waals surface area contributed by atoms with E-state index < -0.39 is 0 Å². The highest BCUT2D eigenvalue weighted by Gasteiger charge is 2.26. The summed E-state index contributed by atoms with van der Waals surface area (Å²) in [7, 11) is 1.67. The molecule has 0 aromatic carbocycles. The lowest BCUT2D eigenvalue weighted by Crippen LogP contribution is -2.29. The molecule has 5 heteroatoms. The molecule has 1 atom stereocenters. The van der Waals surface area contributed by atoms with Crippen LogP contribution in [0.25, 0.3) is 0 Å². The molecule has 0 fully saturated rings. The molecule has 1 heterocycles. The van der Waals surface area contributed by atoms with E-state index >= 15 is 0 Å². The Morgan fingerprint density at radius 1 is 1.53 bits per heavy atom. The molecule has 1 aromatic heterocycles. The zero-order chi connectivity index (χ0) is 11.5. The first-order valence-corrected chi connectivity index (χ1v) is 5.09. The highest BCUT2D eigenvalue weighted by Crippen LogP contribution is 2.28. The van der Waals surface area contributed by atoms with E-state index in [4.69, 9.17) is 10.5 Å². The molecule has 1 rings (SSSR count). The number of methoxy groups -OCH3 is 1. The Labute approximate surface area is 90.6 Å². The molecule has 5 nitrogen and oxygen atoms in total. The summed E-state index contributed by atoms with van der Waals surface area (Å²) < 4.78 is 6.96. The highest BCUT2D eigenvalue weighted by atomic mass is 16.5. The van der Waals surface area contributed by atoms with Crippen LogP contribution in [0.15, 0.2) is 6.33 Å². The minimum absolute atomic E-state index is 0.0160. The average molecular weight is 212 g/mol. The molecular weight excluding hydrogens is 192 g/mol. The molecule has 0 unspecified atom stereocenters. The third kappa shape index (κ3) is 3.00. The molecular formula is C10H20N4O. The molecule has 0 saturated carbocycles. The van der Waals surface area contributed by atoms with Crippen LogP contribution in [0.4, 0.5) is 0 Å². The van der Waals surface area contributed by atoms with Gasteiger partial charge in [-0.3, -0.25) is 0 Å². The molecule has 0 saturated heterocycles. The standard InChI is InChI=1S/C10H20N4O/c1-10(2,3)8(11)9-13-12-7-14(9)5-6-15-4/h7-8H,5-6,11H2,1-4H3/t8-/m0/s1. The summed E-state index contributed by atoms with van der Waals surface area (Å²) in [4.78, 5) is 0. The van der Waals surface area contributed by atoms with E-state index in [0.29, 0.717) is 6.61 Å². The number of ether oxygens (including phenoxy) is 1. The number of hydrogen-bond donors (Lipinski definition) is 1. The van der Waals surface area contributed by atoms with Gasteiger partial charge < -0.3 is 15.0 Å². The van der Waals surface area contributed by atoms with Crippen LogP contribution in [0.5, 0.6) is 0 Å². The topological polar surface area (TPSA) is 66.0 Å². The summed E-state index contributed by atoms with van der Waals surface area (Å²) in [5.41, 5.74) is 6.11. The SMILES string of the molecule is COCCn1cnnc1[C@H](N)C(C)(C)C. The van der Waals surface area contributed by atoms with Crippen molar-refractivity contribution in [2.45, 2.75) is 33.4 Å². The van der Waals surface area contributed by atoms with Gasteiger partial charge in [0.15, 0.2) is 0 Å². The number of rotatable bonds is 4. The number of hydrogen-bond acceptors (Lipinski definition) is 4. The Hall–Kier alpha value is -0.940. The van der Waals surface area contributed by atoms with Gasteiger partial charge in [0.25, 0.3) is 0 Å². The molecule has 0 radical (unpaired) electrons. The smallest absolute Gasteiger partial charge is 0.150 e. The fraction of sp³-hybridized carbons (Fsp3) is 0.800. The maximum absolute atomic E-state index is 6.12. The van der Waals surface area contributed by atoms with E-state index in [9.17, 15) is 0 Å². The summed E-state index contributed by atoms with van der Waals surface area (Å²) in [6.45, 7) is 7.65. The van der Waals surface area contributed by atoms with Gasteiger partial charge in [0.05, 0.1) is 12.6 Å². The Morgan fingerprint density at radius 2 is 2.20 bits per heavy atom. The Bertz CT molecular complexity index is 303. The first-order valence-electron chi connectivity index (χ1n) is 5.09. The van der Waals surface area contributed by atoms with Gasteiger partial charge in [-0.25, -0.2) is 0 Å². The van der Waals surface area contributed by atoms with Crippen molar-refractivity contribution in [1.29, 1.82) is 0 Å². The van der Waals surface area contributed by atoms with E-state index in [1.165, 1.54) is 0 Å². The van der Waals surface area contributed by atoms with Crippen molar-refractivity contribution in [3.05, 3.63) is 12.2 Å². The van der Waals surface area contributed by atoms with Gasteiger partial charge in [0, 0.05) is 13.7 Å². The van der Waals surface area contributed by atoms with E-state index in [1.807, 2.05) is 4.57 Å². The molecule has 86 valence electrons. The van der Waals surface area contributed by atoms with Gasteiger partial charge in [-0.15, -0.1) is 10.2 Å². The van der Waals surface area contributed by atoms with Crippen molar-refractivity contribution in [3.63, 3.8) is 0 Å². The fourth-order valence-corrected chi connectivity index (χ4v) is 1.25. The zero-order valence-corrected chi connectivity index (χ0v) is 9.90. The fourth-order valence-electron chi connectivity index (χ4n) is 1.25. The molecule has 15 heavy (non-hydrogen) atoms. The second-order valence-electron chi connectivity index (χ2n) is 4.72. The minimum Gasteiger partial charge on any atom is -0.383 e. The summed E-state index contributed by atoms with van der Waals surface area (Å²) in [5, 5.41) is 7.95. The van der Waals surface area contributed by atoms with Gasteiger partial charge in [0.2, 0.25) is 0 Å². The molecule has 0 aliphatic carbocycles. The van der Waals surface area contributed by atoms with Gasteiger partial charge in [-0.1, -0.05) is 20.8 Å². The van der Waals surface area contributed by atoms with Crippen LogP contribution in [-0.2, 0) is 11.3 Å². The van der Waals surface area contributed by atoms with E-state index in [0.717, 1.165) is 12.4 Å². The highest BCUT2D eigenvalue weighted by molar-refractivity contribution is 4.98. The van der Waals surface area contributed by atoms with E-state index in [1.54, 1.807) is 13.4 Å². The zero-order valence-electron chi connectivity index (χ0n) is 9.90. The van der Waals surface area contributed by atoms with Gasteiger partial charge in [-0.2, -0.15) is 0 Å². The van der Waals surface area contributed by atoms with Crippen LogP contribution in [0.2, 0.25) is 0 Å². The first-order chi connectivity index (χ1) is 6.96. The average Bonchev–Trinajstić information content (AvgIpc) is 2.59. The minimum atomic E-state index is -0.114. The van der Waals surface area contributed by atoms with E-state index in [2.05, 4.69) is 31.0 Å². The van der Waals surface area contributed by atoms with Crippen LogP contribution in [-0.4, -0.2) is 28.5 Å². The third-order valence-electron chi connectivity index (χ3n) is 2.39. The Morgan fingerprint density at radius 3 is 2.73 bits per heavy atom. The van der Waals surface area contributed by atoms with Gasteiger partial charge in [-0.05, 0) is 5.41 Å². The van der Waals surface area contributed by atoms with Crippen LogP contribution in [0.1, 0.15) is 32.6 Å². The predicted octanol–water partition coefficient (Wildman–Crippen LogP) is 0.970. The van der Waals surface area contributed by atoms with Crippen molar-refractivity contribution in [1.82, 2.24) is 14.8 Å². The molecule has 0 aliphatic heterocycles. The van der Waals surface area contributed by atoms with Crippen LogP contribution in [0.3, 0.4) is 0 Å². The number of aromatic nitrogens is 3. The van der Waals surface area contributed by atoms with E-state index in [-0.39, 0.29) is 11.5 Å². The van der Waals surface area contributed by atoms with Crippen molar-refractivity contribution in [2.75, 3.05) is 13.7 Å². The summed E-state index contributed by atoms with van der Waals surface area (Å²) in [6, 6.07) is -0.114. The predicted molar refractivity (Wildman–Crippen MR) is 58.3 cm³/mol. The van der Waals surface area contributed by atoms with Gasteiger partial charge in [0.1, 0.15) is 12.2 Å². The molecule has 0 bridgehead atoms. The molecule has 2 N–H and O–H groups in total. The summed E-state index contributed by atoms with van der Waals surface area (Å²) >= 11 is 0. The maximum atomic E-state index is 6.12. The first kappa shape index (κ1) is 12.1. The number of nitrogens with two attached hydrogens (primary N) is 1. The monoisotopic (exact) mass is 212 g/mol. The van der Waals surface area contributed by atoms with Crippen molar-refractivity contribution >= 4 is 0 Å². The van der Waals surface area contributed by atoms with Crippen molar-refractivity contribution in [2.24, 2.45) is 11.1 Å². The second-order valence-corrected chi connectivity index (χ2v) is 4.72. The lowest BCUT2D eigenvalue weighted by atomic mass is 9.87. The molecule has 0 amide bonds. The van der Waals surface area contributed by atoms with Crippen LogP contribution in [0, 0.1) is 5.41 Å². The molecule has 1 aromatic rings. The third-order valence-corrected chi connectivity index (χ3v) is 2.39. The van der Waals surface area contributed by atoms with Crippen molar-refractivity contribution in [3.8, 4) is 0 Å². The lowest BCUT2D eigenvalue weighted by molar-refractivity contribution is 0.184. The largest absolute Gasteiger partial charge is 0.383 e.